The van der Waals surface area contributed by atoms with Gasteiger partial charge in [0.25, 0.3) is 5.63 Å². The Hall–Kier alpha value is 0.450. The van der Waals surface area contributed by atoms with Gasteiger partial charge in [-0.2, -0.15) is 22.0 Å². The first-order chi connectivity index (χ1) is 5.50. The van der Waals surface area contributed by atoms with Gasteiger partial charge in [-0.1, -0.05) is 11.6 Å². The number of alkyl halides is 9. The van der Waals surface area contributed by atoms with Crippen molar-refractivity contribution in [3.8, 4) is 0 Å². The predicted molar refractivity (Wildman–Crippen MR) is 38.3 cm³/mol. The lowest BCUT2D eigenvalue weighted by atomic mass is 10.7. The van der Waals surface area contributed by atoms with Gasteiger partial charge in [0.05, 0.1) is 0 Å². The smallest absolute Gasteiger partial charge is 0.220 e. The van der Waals surface area contributed by atoms with Crippen LogP contribution >= 0.6 is 34.8 Å². The van der Waals surface area contributed by atoms with E-state index in [1.165, 1.54) is 0 Å². The molecule has 0 aliphatic heterocycles. The summed E-state index contributed by atoms with van der Waals surface area (Å²) in [4.78, 5) is 0. The van der Waals surface area contributed by atoms with Gasteiger partial charge in [-0.3, -0.25) is 0 Å². The molecule has 0 nitrogen and oxygen atoms in total. The normalized spacial score (nSPS) is 14.5. The third-order valence-corrected chi connectivity index (χ3v) is 1.25. The monoisotopic (exact) mass is 270 g/mol. The van der Waals surface area contributed by atoms with Gasteiger partial charge in [-0.15, -0.1) is 11.6 Å². The fourth-order valence-electron chi connectivity index (χ4n) is 0. The van der Waals surface area contributed by atoms with Gasteiger partial charge < -0.3 is 0 Å². The highest BCUT2D eigenvalue weighted by Gasteiger charge is 2.38. The molecule has 0 spiro atoms. The molecular formula is C4H3Cl3F6. The molecule has 0 rings (SSSR count). The van der Waals surface area contributed by atoms with Crippen LogP contribution in [0.4, 0.5) is 26.3 Å². The Bertz CT molecular complexity index is 127. The maximum absolute atomic E-state index is 11.1. The van der Waals surface area contributed by atoms with Crippen molar-refractivity contribution in [3.63, 3.8) is 0 Å². The zero-order valence-corrected chi connectivity index (χ0v) is 7.95. The molecule has 0 saturated carbocycles. The van der Waals surface area contributed by atoms with Crippen LogP contribution in [-0.2, 0) is 0 Å². The van der Waals surface area contributed by atoms with E-state index in [1.54, 1.807) is 0 Å². The van der Waals surface area contributed by atoms with Crippen LogP contribution in [0.5, 0.6) is 0 Å². The van der Waals surface area contributed by atoms with Crippen LogP contribution in [0, 0.1) is 0 Å². The van der Waals surface area contributed by atoms with E-state index in [1.807, 2.05) is 0 Å². The number of rotatable bonds is 1. The Morgan fingerprint density at radius 1 is 1.08 bits per heavy atom. The minimum absolute atomic E-state index is 0.825. The van der Waals surface area contributed by atoms with E-state index in [0.717, 1.165) is 0 Å². The van der Waals surface area contributed by atoms with Crippen LogP contribution in [0.1, 0.15) is 0 Å². The standard InChI is InChI=1S/C2H2Cl2F2.C2HClF4/c3-1-2(4,5)6;3-1(4)2(5,6)7/h1H2;1H. The average Bonchev–Trinajstić information content (AvgIpc) is 1.85. The summed E-state index contributed by atoms with van der Waals surface area (Å²) in [5, 5.41) is -3.22. The largest absolute Gasteiger partial charge is 0.433 e. The van der Waals surface area contributed by atoms with Gasteiger partial charge in [-0.05, 0) is 11.6 Å². The lowest BCUT2D eigenvalue weighted by Crippen LogP contribution is -2.17. The maximum Gasteiger partial charge on any atom is 0.433 e. The number of hydrogen-bond acceptors (Lipinski definition) is 0. The SMILES string of the molecule is FC(Cl)C(F)(F)F.FC(F)(Cl)CCl. The van der Waals surface area contributed by atoms with Crippen molar-refractivity contribution in [2.45, 2.75) is 17.2 Å². The summed E-state index contributed by atoms with van der Waals surface area (Å²) >= 11 is 12.8. The lowest BCUT2D eigenvalue weighted by molar-refractivity contribution is -0.156. The molecule has 9 heteroatoms. The molecule has 0 aliphatic carbocycles. The van der Waals surface area contributed by atoms with Crippen LogP contribution in [0.25, 0.3) is 0 Å². The fraction of sp³-hybridized carbons (Fsp3) is 1.00. The van der Waals surface area contributed by atoms with Crippen LogP contribution in [0.2, 0.25) is 0 Å². The fourth-order valence-corrected chi connectivity index (χ4v) is 0. The molecule has 0 bridgehead atoms. The molecule has 0 radical (unpaired) electrons. The number of hydrogen-bond donors (Lipinski definition) is 0. The first kappa shape index (κ1) is 15.9. The predicted octanol–water partition coefficient (Wildman–Crippen LogP) is 4.14. The second-order valence-electron chi connectivity index (χ2n) is 1.59. The molecule has 1 unspecified atom stereocenters. The van der Waals surface area contributed by atoms with E-state index in [4.69, 9.17) is 0 Å². The minimum atomic E-state index is -4.90. The molecule has 0 fully saturated rings. The van der Waals surface area contributed by atoms with E-state index in [2.05, 4.69) is 34.8 Å². The van der Waals surface area contributed by atoms with Gasteiger partial charge >= 0.3 is 11.6 Å². The van der Waals surface area contributed by atoms with Crippen molar-refractivity contribution in [3.05, 3.63) is 0 Å². The van der Waals surface area contributed by atoms with Crippen molar-refractivity contribution in [2.75, 3.05) is 5.88 Å². The molecule has 0 aromatic heterocycles. The highest BCUT2D eigenvalue weighted by molar-refractivity contribution is 6.28. The van der Waals surface area contributed by atoms with E-state index < -0.39 is 23.1 Å². The molecular weight excluding hydrogens is 268 g/mol. The Morgan fingerprint density at radius 3 is 1.23 bits per heavy atom. The summed E-state index contributed by atoms with van der Waals surface area (Å²) in [6.07, 6.45) is -4.90. The van der Waals surface area contributed by atoms with E-state index in [9.17, 15) is 26.3 Å². The molecule has 0 aromatic carbocycles. The van der Waals surface area contributed by atoms with Crippen LogP contribution in [-0.4, -0.2) is 23.1 Å². The maximum atomic E-state index is 11.1. The molecule has 1 atom stereocenters. The molecule has 82 valence electrons. The lowest BCUT2D eigenvalue weighted by Gasteiger charge is -2.01. The van der Waals surface area contributed by atoms with E-state index >= 15 is 0 Å². The topological polar surface area (TPSA) is 0 Å². The van der Waals surface area contributed by atoms with Crippen molar-refractivity contribution in [2.24, 2.45) is 0 Å². The average molecular weight is 271 g/mol. The molecule has 0 heterocycles. The highest BCUT2D eigenvalue weighted by atomic mass is 35.5. The second-order valence-corrected chi connectivity index (χ2v) is 2.79. The van der Waals surface area contributed by atoms with Gasteiger partial charge in [0.2, 0.25) is 0 Å². The van der Waals surface area contributed by atoms with Crippen molar-refractivity contribution >= 4 is 34.8 Å². The molecule has 0 aromatic rings. The van der Waals surface area contributed by atoms with Crippen LogP contribution in [0.15, 0.2) is 0 Å². The first-order valence-corrected chi connectivity index (χ1v) is 3.83. The highest BCUT2D eigenvalue weighted by Crippen LogP contribution is 2.24. The summed E-state index contributed by atoms with van der Waals surface area (Å²) in [7, 11) is 0. The quantitative estimate of drug-likeness (QED) is 0.497. The van der Waals surface area contributed by atoms with Gasteiger partial charge in [-0.25, -0.2) is 4.39 Å². The Balaban J connectivity index is 0. The van der Waals surface area contributed by atoms with Gasteiger partial charge in [0.1, 0.15) is 5.88 Å². The van der Waals surface area contributed by atoms with Crippen molar-refractivity contribution in [1.29, 1.82) is 0 Å². The van der Waals surface area contributed by atoms with Crippen molar-refractivity contribution < 1.29 is 26.3 Å². The molecule has 0 saturated heterocycles. The summed E-state index contributed by atoms with van der Waals surface area (Å²) in [6.45, 7) is 0. The second kappa shape index (κ2) is 6.03. The molecule has 0 aliphatic rings. The minimum Gasteiger partial charge on any atom is -0.220 e. The summed E-state index contributed by atoms with van der Waals surface area (Å²) < 4.78 is 65.0. The Kier molecular flexibility index (Phi) is 7.38. The number of halogens is 9. The first-order valence-electron chi connectivity index (χ1n) is 2.48. The van der Waals surface area contributed by atoms with Crippen LogP contribution in [0.3, 0.4) is 0 Å². The zero-order chi connectivity index (χ0) is 11.3. The van der Waals surface area contributed by atoms with E-state index in [0.29, 0.717) is 0 Å². The van der Waals surface area contributed by atoms with Gasteiger partial charge in [0.15, 0.2) is 0 Å². The third kappa shape index (κ3) is 15.2. The Morgan fingerprint density at radius 2 is 1.23 bits per heavy atom. The van der Waals surface area contributed by atoms with E-state index in [-0.39, 0.29) is 0 Å². The summed E-state index contributed by atoms with van der Waals surface area (Å²) in [5.41, 5.74) is -3.23. The summed E-state index contributed by atoms with van der Waals surface area (Å²) in [5.74, 6) is -0.825. The summed E-state index contributed by atoms with van der Waals surface area (Å²) in [6, 6.07) is 0. The Labute approximate surface area is 84.7 Å². The third-order valence-electron chi connectivity index (χ3n) is 0.399. The molecule has 0 N–H and O–H groups in total. The molecule has 13 heavy (non-hydrogen) atoms. The van der Waals surface area contributed by atoms with Gasteiger partial charge in [0, 0.05) is 0 Å². The van der Waals surface area contributed by atoms with Crippen LogP contribution < -0.4 is 0 Å². The molecule has 0 amide bonds. The zero-order valence-electron chi connectivity index (χ0n) is 5.69. The van der Waals surface area contributed by atoms with Crippen molar-refractivity contribution in [1.82, 2.24) is 0 Å².